The van der Waals surface area contributed by atoms with Crippen LogP contribution in [0.25, 0.3) is 0 Å². The van der Waals surface area contributed by atoms with Gasteiger partial charge < -0.3 is 19.9 Å². The molecular weight excluding hydrogens is 286 g/mol. The van der Waals surface area contributed by atoms with Gasteiger partial charge in [-0.25, -0.2) is 0 Å². The molecular formula is C16H23NO5. The molecule has 0 bridgehead atoms. The van der Waals surface area contributed by atoms with Crippen LogP contribution in [-0.2, 0) is 4.79 Å². The van der Waals surface area contributed by atoms with E-state index in [9.17, 15) is 9.59 Å². The smallest absolute Gasteiger partial charge is 0.325 e. The molecule has 0 fully saturated rings. The van der Waals surface area contributed by atoms with E-state index >= 15 is 0 Å². The van der Waals surface area contributed by atoms with Gasteiger partial charge in [0.1, 0.15) is 17.5 Å². The number of methoxy groups -OCH3 is 1. The van der Waals surface area contributed by atoms with Crippen LogP contribution in [0, 0.1) is 5.92 Å². The highest BCUT2D eigenvalue weighted by Crippen LogP contribution is 2.25. The Morgan fingerprint density at radius 1 is 1.27 bits per heavy atom. The van der Waals surface area contributed by atoms with Gasteiger partial charge in [0, 0.05) is 6.07 Å². The highest BCUT2D eigenvalue weighted by Gasteiger charge is 2.19. The van der Waals surface area contributed by atoms with Crippen molar-refractivity contribution in [2.75, 3.05) is 13.7 Å². The Kier molecular flexibility index (Phi) is 6.69. The van der Waals surface area contributed by atoms with Crippen molar-refractivity contribution in [1.82, 2.24) is 5.32 Å². The van der Waals surface area contributed by atoms with Crippen molar-refractivity contribution >= 4 is 11.9 Å². The molecule has 1 aromatic rings. The Balaban J connectivity index is 2.91. The van der Waals surface area contributed by atoms with Gasteiger partial charge in [-0.15, -0.1) is 0 Å². The quantitative estimate of drug-likeness (QED) is 0.770. The van der Waals surface area contributed by atoms with E-state index in [0.29, 0.717) is 24.0 Å². The molecule has 0 aliphatic rings. The lowest BCUT2D eigenvalue weighted by atomic mass is 10.1. The van der Waals surface area contributed by atoms with Gasteiger partial charge in [-0.1, -0.05) is 13.8 Å². The maximum atomic E-state index is 12.2. The third kappa shape index (κ3) is 5.27. The number of ether oxygens (including phenoxy) is 2. The molecule has 0 aromatic heterocycles. The van der Waals surface area contributed by atoms with Crippen LogP contribution in [0.5, 0.6) is 11.5 Å². The van der Waals surface area contributed by atoms with Crippen molar-refractivity contribution in [2.24, 2.45) is 5.92 Å². The minimum Gasteiger partial charge on any atom is -0.497 e. The zero-order chi connectivity index (χ0) is 16.7. The summed E-state index contributed by atoms with van der Waals surface area (Å²) in [6, 6.07) is 3.85. The van der Waals surface area contributed by atoms with Crippen molar-refractivity contribution in [3.8, 4) is 11.5 Å². The van der Waals surface area contributed by atoms with Crippen molar-refractivity contribution in [1.29, 1.82) is 0 Å². The van der Waals surface area contributed by atoms with Crippen LogP contribution in [0.15, 0.2) is 18.2 Å². The Bertz CT molecular complexity index is 527. The highest BCUT2D eigenvalue weighted by atomic mass is 16.5. The van der Waals surface area contributed by atoms with Crippen molar-refractivity contribution in [2.45, 2.75) is 33.2 Å². The molecule has 1 aromatic carbocycles. The van der Waals surface area contributed by atoms with Gasteiger partial charge in [0.05, 0.1) is 19.3 Å². The molecule has 0 saturated carbocycles. The second kappa shape index (κ2) is 8.26. The zero-order valence-corrected chi connectivity index (χ0v) is 13.4. The molecule has 22 heavy (non-hydrogen) atoms. The molecule has 0 radical (unpaired) electrons. The van der Waals surface area contributed by atoms with Gasteiger partial charge in [-0.3, -0.25) is 9.59 Å². The van der Waals surface area contributed by atoms with Crippen LogP contribution in [-0.4, -0.2) is 36.7 Å². The number of aliphatic carboxylic acids is 1. The average Bonchev–Trinajstić information content (AvgIpc) is 2.46. The summed E-state index contributed by atoms with van der Waals surface area (Å²) in [7, 11) is 1.53. The minimum absolute atomic E-state index is 0.289. The van der Waals surface area contributed by atoms with E-state index in [0.717, 1.165) is 6.42 Å². The number of hydrogen-bond acceptors (Lipinski definition) is 4. The lowest BCUT2D eigenvalue weighted by Crippen LogP contribution is -2.38. The molecule has 0 unspecified atom stereocenters. The second-order valence-electron chi connectivity index (χ2n) is 5.43. The summed E-state index contributed by atoms with van der Waals surface area (Å²) >= 11 is 0. The molecule has 2 N–H and O–H groups in total. The molecule has 6 nitrogen and oxygen atoms in total. The van der Waals surface area contributed by atoms with E-state index < -0.39 is 17.9 Å². The van der Waals surface area contributed by atoms with Crippen LogP contribution < -0.4 is 14.8 Å². The number of carbonyl (C=O) groups excluding carboxylic acids is 1. The Labute approximate surface area is 130 Å². The summed E-state index contributed by atoms with van der Waals surface area (Å²) in [5.41, 5.74) is 0.289. The Hall–Kier alpha value is -2.24. The number of amides is 1. The highest BCUT2D eigenvalue weighted by molar-refractivity contribution is 5.99. The molecule has 0 heterocycles. The van der Waals surface area contributed by atoms with Gasteiger partial charge in [-0.2, -0.15) is 0 Å². The molecule has 0 saturated heterocycles. The first-order valence-corrected chi connectivity index (χ1v) is 7.19. The van der Waals surface area contributed by atoms with Crippen molar-refractivity contribution < 1.29 is 24.2 Å². The first-order valence-electron chi connectivity index (χ1n) is 7.19. The van der Waals surface area contributed by atoms with Crippen LogP contribution in [0.3, 0.4) is 0 Å². The predicted molar refractivity (Wildman–Crippen MR) is 82.5 cm³/mol. The number of benzene rings is 1. The van der Waals surface area contributed by atoms with Gasteiger partial charge in [0.2, 0.25) is 0 Å². The fourth-order valence-corrected chi connectivity index (χ4v) is 1.68. The van der Waals surface area contributed by atoms with Gasteiger partial charge in [0.25, 0.3) is 5.91 Å². The van der Waals surface area contributed by atoms with E-state index in [2.05, 4.69) is 19.2 Å². The van der Waals surface area contributed by atoms with Crippen molar-refractivity contribution in [3.63, 3.8) is 0 Å². The predicted octanol–water partition coefficient (Wildman–Crippen LogP) is 2.32. The first kappa shape index (κ1) is 17.8. The van der Waals surface area contributed by atoms with Crippen LogP contribution in [0.4, 0.5) is 0 Å². The topological polar surface area (TPSA) is 84.9 Å². The summed E-state index contributed by atoms with van der Waals surface area (Å²) in [5, 5.41) is 11.3. The molecule has 122 valence electrons. The minimum atomic E-state index is -1.09. The Morgan fingerprint density at radius 3 is 2.50 bits per heavy atom. The zero-order valence-electron chi connectivity index (χ0n) is 13.4. The average molecular weight is 309 g/mol. The lowest BCUT2D eigenvalue weighted by Gasteiger charge is -2.15. The number of carbonyl (C=O) groups is 2. The molecule has 0 aliphatic carbocycles. The molecule has 0 spiro atoms. The maximum Gasteiger partial charge on any atom is 0.325 e. The number of rotatable bonds is 8. The second-order valence-corrected chi connectivity index (χ2v) is 5.43. The van der Waals surface area contributed by atoms with E-state index in [1.807, 2.05) is 0 Å². The molecule has 1 amide bonds. The summed E-state index contributed by atoms with van der Waals surface area (Å²) in [4.78, 5) is 23.0. The lowest BCUT2D eigenvalue weighted by molar-refractivity contribution is -0.138. The number of nitrogens with one attached hydrogen (secondary N) is 1. The van der Waals surface area contributed by atoms with Gasteiger partial charge in [-0.05, 0) is 31.4 Å². The summed E-state index contributed by atoms with van der Waals surface area (Å²) in [6.07, 6.45) is 0.851. The summed E-state index contributed by atoms with van der Waals surface area (Å²) < 4.78 is 10.8. The van der Waals surface area contributed by atoms with Gasteiger partial charge >= 0.3 is 5.97 Å². The van der Waals surface area contributed by atoms with Crippen LogP contribution in [0.2, 0.25) is 0 Å². The fourth-order valence-electron chi connectivity index (χ4n) is 1.68. The monoisotopic (exact) mass is 309 g/mol. The molecule has 6 heteroatoms. The van der Waals surface area contributed by atoms with E-state index in [4.69, 9.17) is 14.6 Å². The van der Waals surface area contributed by atoms with Crippen LogP contribution >= 0.6 is 0 Å². The summed E-state index contributed by atoms with van der Waals surface area (Å²) in [6.45, 7) is 6.04. The van der Waals surface area contributed by atoms with Gasteiger partial charge in [0.15, 0.2) is 0 Å². The third-order valence-corrected chi connectivity index (χ3v) is 3.10. The Morgan fingerprint density at radius 2 is 1.95 bits per heavy atom. The summed E-state index contributed by atoms with van der Waals surface area (Å²) in [5.74, 6) is -0.145. The normalized spacial score (nSPS) is 11.9. The first-order chi connectivity index (χ1) is 10.3. The third-order valence-electron chi connectivity index (χ3n) is 3.10. The number of carboxylic acids is 1. The van der Waals surface area contributed by atoms with Crippen molar-refractivity contribution in [3.05, 3.63) is 23.8 Å². The number of carboxylic acid groups (broad SMARTS) is 1. The largest absolute Gasteiger partial charge is 0.497 e. The van der Waals surface area contributed by atoms with E-state index in [1.54, 1.807) is 18.2 Å². The van der Waals surface area contributed by atoms with E-state index in [1.165, 1.54) is 14.0 Å². The fraction of sp³-hybridized carbons (Fsp3) is 0.500. The molecule has 1 atom stereocenters. The number of hydrogen-bond donors (Lipinski definition) is 2. The van der Waals surface area contributed by atoms with Crippen LogP contribution in [0.1, 0.15) is 37.6 Å². The van der Waals surface area contributed by atoms with E-state index in [-0.39, 0.29) is 5.56 Å². The SMILES string of the molecule is COc1ccc(C(=O)N[C@H](C)C(=O)O)c(OCCC(C)C)c1. The standard InChI is InChI=1S/C16H23NO5/c1-10(2)7-8-22-14-9-12(21-4)5-6-13(14)15(18)17-11(3)16(19)20/h5-6,9-11H,7-8H2,1-4H3,(H,17,18)(H,19,20)/t11-/m1/s1. The molecule has 0 aliphatic heterocycles. The molecule has 1 rings (SSSR count). The maximum absolute atomic E-state index is 12.2.